The highest BCUT2D eigenvalue weighted by Gasteiger charge is 2.22. The monoisotopic (exact) mass is 321 g/mol. The van der Waals surface area contributed by atoms with Gasteiger partial charge in [0, 0.05) is 13.1 Å². The van der Waals surface area contributed by atoms with Gasteiger partial charge in [0.2, 0.25) is 0 Å². The number of amides is 1. The number of ether oxygens (including phenoxy) is 1. The number of hydrogen-bond acceptors (Lipinski definition) is 3. The van der Waals surface area contributed by atoms with E-state index in [1.54, 1.807) is 22.7 Å². The van der Waals surface area contributed by atoms with Gasteiger partial charge in [0.05, 0.1) is 11.9 Å². The fourth-order valence-electron chi connectivity index (χ4n) is 2.14. The highest BCUT2D eigenvalue weighted by Crippen LogP contribution is 2.25. The summed E-state index contributed by atoms with van der Waals surface area (Å²) >= 11 is 6.16. The lowest BCUT2D eigenvalue weighted by Gasteiger charge is -2.22. The molecule has 0 saturated heterocycles. The van der Waals surface area contributed by atoms with Crippen molar-refractivity contribution in [2.75, 3.05) is 13.1 Å². The Labute approximate surface area is 135 Å². The van der Waals surface area contributed by atoms with Crippen LogP contribution in [0.4, 0.5) is 0 Å². The fourth-order valence-corrected chi connectivity index (χ4v) is 2.31. The summed E-state index contributed by atoms with van der Waals surface area (Å²) in [7, 11) is 0. The van der Waals surface area contributed by atoms with E-state index >= 15 is 0 Å². The molecule has 1 aromatic carbocycles. The van der Waals surface area contributed by atoms with Crippen molar-refractivity contribution in [1.29, 1.82) is 0 Å². The minimum atomic E-state index is -0.628. The molecule has 0 bridgehead atoms. The lowest BCUT2D eigenvalue weighted by molar-refractivity contribution is -0.137. The molecule has 2 aromatic rings. The summed E-state index contributed by atoms with van der Waals surface area (Å²) in [6.45, 7) is 6.87. The van der Waals surface area contributed by atoms with Crippen molar-refractivity contribution in [2.24, 2.45) is 0 Å². The Kier molecular flexibility index (Phi) is 5.44. The number of para-hydroxylation sites is 1. The molecule has 1 atom stereocenters. The minimum absolute atomic E-state index is 0.0738. The second kappa shape index (κ2) is 7.31. The van der Waals surface area contributed by atoms with Gasteiger partial charge < -0.3 is 9.64 Å². The minimum Gasteiger partial charge on any atom is -0.462 e. The van der Waals surface area contributed by atoms with Gasteiger partial charge in [-0.2, -0.15) is 0 Å². The van der Waals surface area contributed by atoms with Gasteiger partial charge in [0.25, 0.3) is 11.8 Å². The first kappa shape index (κ1) is 16.4. The standard InChI is InChI=1S/C16H20ClN3O2/c1-4-19(5-2)16(21)12(3)22-15-14(17)11-20(18-15)13-9-7-6-8-10-13/h6-12H,4-5H2,1-3H3. The van der Waals surface area contributed by atoms with E-state index in [0.29, 0.717) is 18.1 Å². The SMILES string of the molecule is CCN(CC)C(=O)C(C)Oc1nn(-c2ccccc2)cc1Cl. The summed E-state index contributed by atoms with van der Waals surface area (Å²) in [6.07, 6.45) is 1.04. The number of aromatic nitrogens is 2. The average molecular weight is 322 g/mol. The van der Waals surface area contributed by atoms with Crippen LogP contribution in [0.5, 0.6) is 5.88 Å². The van der Waals surface area contributed by atoms with Crippen molar-refractivity contribution in [3.8, 4) is 11.6 Å². The summed E-state index contributed by atoms with van der Waals surface area (Å²) in [5.74, 6) is 0.189. The van der Waals surface area contributed by atoms with E-state index in [-0.39, 0.29) is 11.8 Å². The molecule has 0 fully saturated rings. The van der Waals surface area contributed by atoms with Crippen LogP contribution in [0.3, 0.4) is 0 Å². The van der Waals surface area contributed by atoms with Crippen molar-refractivity contribution in [3.63, 3.8) is 0 Å². The molecule has 1 amide bonds. The zero-order valence-electron chi connectivity index (χ0n) is 13.0. The smallest absolute Gasteiger partial charge is 0.263 e. The van der Waals surface area contributed by atoms with Crippen LogP contribution in [0.1, 0.15) is 20.8 Å². The van der Waals surface area contributed by atoms with E-state index in [0.717, 1.165) is 5.69 Å². The number of hydrogen-bond donors (Lipinski definition) is 0. The summed E-state index contributed by atoms with van der Waals surface area (Å²) in [5, 5.41) is 4.68. The largest absolute Gasteiger partial charge is 0.462 e. The van der Waals surface area contributed by atoms with E-state index in [9.17, 15) is 4.79 Å². The molecule has 0 N–H and O–H groups in total. The first-order chi connectivity index (χ1) is 10.6. The number of likely N-dealkylation sites (N-methyl/N-ethyl adjacent to an activating group) is 1. The van der Waals surface area contributed by atoms with Crippen LogP contribution < -0.4 is 4.74 Å². The molecule has 118 valence electrons. The third-order valence-corrected chi connectivity index (χ3v) is 3.63. The van der Waals surface area contributed by atoms with Crippen molar-refractivity contribution in [1.82, 2.24) is 14.7 Å². The first-order valence-electron chi connectivity index (χ1n) is 7.32. The van der Waals surface area contributed by atoms with Gasteiger partial charge in [-0.25, -0.2) is 4.68 Å². The Morgan fingerprint density at radius 3 is 2.55 bits per heavy atom. The Morgan fingerprint density at radius 2 is 1.95 bits per heavy atom. The van der Waals surface area contributed by atoms with Crippen LogP contribution in [-0.2, 0) is 4.79 Å². The lowest BCUT2D eigenvalue weighted by Crippen LogP contribution is -2.40. The van der Waals surface area contributed by atoms with Crippen LogP contribution in [0.25, 0.3) is 5.69 Å². The number of rotatable bonds is 6. The summed E-state index contributed by atoms with van der Waals surface area (Å²) in [6, 6.07) is 9.59. The molecule has 2 rings (SSSR count). The second-order valence-electron chi connectivity index (χ2n) is 4.83. The van der Waals surface area contributed by atoms with Crippen LogP contribution in [-0.4, -0.2) is 39.8 Å². The fraction of sp³-hybridized carbons (Fsp3) is 0.375. The quantitative estimate of drug-likeness (QED) is 0.821. The Bertz CT molecular complexity index is 624. The van der Waals surface area contributed by atoms with Gasteiger partial charge in [-0.1, -0.05) is 29.8 Å². The molecule has 1 aromatic heterocycles. The molecule has 0 aliphatic rings. The maximum atomic E-state index is 12.2. The highest BCUT2D eigenvalue weighted by molar-refractivity contribution is 6.31. The maximum Gasteiger partial charge on any atom is 0.263 e. The van der Waals surface area contributed by atoms with Crippen LogP contribution in [0.2, 0.25) is 5.02 Å². The summed E-state index contributed by atoms with van der Waals surface area (Å²) in [4.78, 5) is 13.9. The van der Waals surface area contributed by atoms with Gasteiger partial charge in [0.15, 0.2) is 6.10 Å². The molecule has 22 heavy (non-hydrogen) atoms. The molecule has 0 radical (unpaired) electrons. The van der Waals surface area contributed by atoms with Gasteiger partial charge in [-0.15, -0.1) is 5.10 Å². The maximum absolute atomic E-state index is 12.2. The van der Waals surface area contributed by atoms with E-state index < -0.39 is 6.10 Å². The molecule has 1 heterocycles. The van der Waals surface area contributed by atoms with Crippen molar-refractivity contribution in [3.05, 3.63) is 41.6 Å². The van der Waals surface area contributed by atoms with Crippen LogP contribution >= 0.6 is 11.6 Å². The Hall–Kier alpha value is -2.01. The van der Waals surface area contributed by atoms with E-state index in [1.165, 1.54) is 0 Å². The molecule has 0 saturated carbocycles. The van der Waals surface area contributed by atoms with Gasteiger partial charge >= 0.3 is 0 Å². The molecule has 5 nitrogen and oxygen atoms in total. The number of nitrogens with zero attached hydrogens (tertiary/aromatic N) is 3. The summed E-state index contributed by atoms with van der Waals surface area (Å²) < 4.78 is 7.27. The van der Waals surface area contributed by atoms with E-state index in [1.807, 2.05) is 44.2 Å². The zero-order chi connectivity index (χ0) is 16.1. The van der Waals surface area contributed by atoms with Crippen molar-refractivity contribution >= 4 is 17.5 Å². The Balaban J connectivity index is 2.14. The number of benzene rings is 1. The second-order valence-corrected chi connectivity index (χ2v) is 5.24. The third kappa shape index (κ3) is 3.60. The predicted molar refractivity (Wildman–Crippen MR) is 86.6 cm³/mol. The molecule has 1 unspecified atom stereocenters. The summed E-state index contributed by atoms with van der Waals surface area (Å²) in [5.41, 5.74) is 0.877. The topological polar surface area (TPSA) is 47.4 Å². The highest BCUT2D eigenvalue weighted by atomic mass is 35.5. The number of halogens is 1. The van der Waals surface area contributed by atoms with E-state index in [2.05, 4.69) is 5.10 Å². The number of carbonyl (C=O) groups excluding carboxylic acids is 1. The third-order valence-electron chi connectivity index (χ3n) is 3.37. The molecule has 0 spiro atoms. The Morgan fingerprint density at radius 1 is 1.32 bits per heavy atom. The molecule has 6 heteroatoms. The van der Waals surface area contributed by atoms with Crippen molar-refractivity contribution < 1.29 is 9.53 Å². The average Bonchev–Trinajstić information content (AvgIpc) is 2.90. The van der Waals surface area contributed by atoms with Crippen LogP contribution in [0.15, 0.2) is 36.5 Å². The van der Waals surface area contributed by atoms with Crippen molar-refractivity contribution in [2.45, 2.75) is 26.9 Å². The van der Waals surface area contributed by atoms with Gasteiger partial charge in [-0.05, 0) is 32.9 Å². The van der Waals surface area contributed by atoms with E-state index in [4.69, 9.17) is 16.3 Å². The normalized spacial score (nSPS) is 12.0. The predicted octanol–water partition coefficient (Wildman–Crippen LogP) is 3.16. The molecular weight excluding hydrogens is 302 g/mol. The molecule has 0 aliphatic heterocycles. The molecule has 0 aliphatic carbocycles. The zero-order valence-corrected chi connectivity index (χ0v) is 13.7. The van der Waals surface area contributed by atoms with Gasteiger partial charge in [0.1, 0.15) is 5.02 Å². The van der Waals surface area contributed by atoms with Gasteiger partial charge in [-0.3, -0.25) is 4.79 Å². The lowest BCUT2D eigenvalue weighted by atomic mass is 10.3. The van der Waals surface area contributed by atoms with Crippen LogP contribution in [0, 0.1) is 0 Å². The molecular formula is C16H20ClN3O2. The first-order valence-corrected chi connectivity index (χ1v) is 7.70. The number of carbonyl (C=O) groups is 1.